The molecule has 1 N–H and O–H groups in total. The Balaban J connectivity index is 0. The molecule has 0 saturated heterocycles. The van der Waals surface area contributed by atoms with E-state index in [1.807, 2.05) is 13.8 Å². The van der Waals surface area contributed by atoms with Crippen molar-refractivity contribution in [2.45, 2.75) is 26.7 Å². The molecule has 3 nitrogen and oxygen atoms in total. The molecule has 0 aliphatic carbocycles. The maximum absolute atomic E-state index is 10.2. The highest BCUT2D eigenvalue weighted by molar-refractivity contribution is 9.09. The molecule has 0 amide bonds. The fraction of sp³-hybridized carbons (Fsp3) is 0.750. The van der Waals surface area contributed by atoms with Gasteiger partial charge in [-0.05, 0) is 12.8 Å². The molecule has 0 aromatic heterocycles. The summed E-state index contributed by atoms with van der Waals surface area (Å²) in [6.07, 6.45) is 2.28. The lowest BCUT2D eigenvalue weighted by molar-refractivity contribution is -0.141. The van der Waals surface area contributed by atoms with Gasteiger partial charge in [-0.2, -0.15) is 0 Å². The van der Waals surface area contributed by atoms with Crippen molar-refractivity contribution in [2.75, 3.05) is 5.33 Å². The molecule has 72 valence electrons. The van der Waals surface area contributed by atoms with Crippen molar-refractivity contribution in [3.05, 3.63) is 0 Å². The molecule has 0 fully saturated rings. The van der Waals surface area contributed by atoms with E-state index < -0.39 is 5.97 Å². The van der Waals surface area contributed by atoms with Gasteiger partial charge in [-0.3, -0.25) is 4.79 Å². The van der Waals surface area contributed by atoms with Gasteiger partial charge in [0.2, 0.25) is 0 Å². The Morgan fingerprint density at radius 3 is 1.83 bits per heavy atom. The van der Waals surface area contributed by atoms with Crippen LogP contribution >= 0.6 is 15.9 Å². The summed E-state index contributed by atoms with van der Waals surface area (Å²) in [6.45, 7) is 3.78. The van der Waals surface area contributed by atoms with E-state index in [1.54, 1.807) is 0 Å². The van der Waals surface area contributed by atoms with E-state index in [1.165, 1.54) is 0 Å². The van der Waals surface area contributed by atoms with E-state index in [0.29, 0.717) is 5.33 Å². The molecule has 0 aromatic rings. The Hall–Kier alpha value is -0.380. The minimum absolute atomic E-state index is 0.130. The van der Waals surface area contributed by atoms with Crippen molar-refractivity contribution in [1.82, 2.24) is 0 Å². The Bertz CT molecular complexity index is 121. The first-order valence-corrected chi connectivity index (χ1v) is 4.98. The van der Waals surface area contributed by atoms with Gasteiger partial charge in [-0.15, -0.1) is 0 Å². The number of halogens is 1. The molecular formula is C8H15BrO3. The molecule has 0 aromatic carbocycles. The summed E-state index contributed by atoms with van der Waals surface area (Å²) in [5.74, 6) is -0.801. The molecule has 4 heteroatoms. The van der Waals surface area contributed by atoms with Gasteiger partial charge in [-0.25, -0.2) is 0 Å². The van der Waals surface area contributed by atoms with Gasteiger partial charge in [0.25, 0.3) is 0 Å². The highest BCUT2D eigenvalue weighted by atomic mass is 79.9. The SMILES string of the molecule is CCC(CC)C(=O)O.O=CCBr. The normalized spacial score (nSPS) is 8.67. The van der Waals surface area contributed by atoms with Gasteiger partial charge >= 0.3 is 5.97 Å². The quantitative estimate of drug-likeness (QED) is 0.603. The van der Waals surface area contributed by atoms with Crippen LogP contribution in [0.4, 0.5) is 0 Å². The second kappa shape index (κ2) is 10.6. The first-order valence-electron chi connectivity index (χ1n) is 3.86. The largest absolute Gasteiger partial charge is 0.481 e. The maximum Gasteiger partial charge on any atom is 0.306 e. The number of carbonyl (C=O) groups is 2. The summed E-state index contributed by atoms with van der Waals surface area (Å²) in [7, 11) is 0. The average molecular weight is 239 g/mol. The van der Waals surface area contributed by atoms with Crippen LogP contribution < -0.4 is 0 Å². The van der Waals surface area contributed by atoms with Crippen LogP contribution in [0, 0.1) is 5.92 Å². The predicted molar refractivity (Wildman–Crippen MR) is 51.6 cm³/mol. The fourth-order valence-corrected chi connectivity index (χ4v) is 0.638. The number of hydrogen-bond donors (Lipinski definition) is 1. The van der Waals surface area contributed by atoms with Crippen molar-refractivity contribution < 1.29 is 14.7 Å². The minimum atomic E-state index is -0.671. The van der Waals surface area contributed by atoms with Crippen LogP contribution in [0.1, 0.15) is 26.7 Å². The molecule has 0 bridgehead atoms. The lowest BCUT2D eigenvalue weighted by atomic mass is 10.1. The van der Waals surface area contributed by atoms with Gasteiger partial charge in [-0.1, -0.05) is 29.8 Å². The number of carboxylic acids is 1. The lowest BCUT2D eigenvalue weighted by Gasteiger charge is -2.02. The smallest absolute Gasteiger partial charge is 0.306 e. The van der Waals surface area contributed by atoms with Gasteiger partial charge in [0.15, 0.2) is 0 Å². The molecule has 0 atom stereocenters. The molecule has 0 saturated carbocycles. The summed E-state index contributed by atoms with van der Waals surface area (Å²) in [5, 5.41) is 8.82. The number of alkyl halides is 1. The van der Waals surface area contributed by atoms with Crippen LogP contribution in [0.5, 0.6) is 0 Å². The van der Waals surface area contributed by atoms with E-state index >= 15 is 0 Å². The van der Waals surface area contributed by atoms with Gasteiger partial charge < -0.3 is 9.90 Å². The van der Waals surface area contributed by atoms with Crippen LogP contribution in [-0.4, -0.2) is 22.7 Å². The summed E-state index contributed by atoms with van der Waals surface area (Å²) in [6, 6.07) is 0. The number of hydrogen-bond acceptors (Lipinski definition) is 2. The molecule has 0 unspecified atom stereocenters. The molecular weight excluding hydrogens is 224 g/mol. The highest BCUT2D eigenvalue weighted by Gasteiger charge is 2.10. The summed E-state index contributed by atoms with van der Waals surface area (Å²) in [5.41, 5.74) is 0. The second-order valence-electron chi connectivity index (χ2n) is 2.17. The molecule has 0 rings (SSSR count). The average Bonchev–Trinajstić information content (AvgIpc) is 2.07. The Kier molecular flexibility index (Phi) is 12.5. The number of carboxylic acid groups (broad SMARTS) is 1. The maximum atomic E-state index is 10.2. The van der Waals surface area contributed by atoms with E-state index in [4.69, 9.17) is 9.90 Å². The van der Waals surface area contributed by atoms with Crippen LogP contribution in [0.2, 0.25) is 0 Å². The van der Waals surface area contributed by atoms with Crippen LogP contribution in [0.3, 0.4) is 0 Å². The number of rotatable bonds is 4. The summed E-state index contributed by atoms with van der Waals surface area (Å²) >= 11 is 2.88. The molecule has 0 spiro atoms. The Morgan fingerprint density at radius 2 is 1.83 bits per heavy atom. The van der Waals surface area contributed by atoms with Crippen LogP contribution in [0.15, 0.2) is 0 Å². The van der Waals surface area contributed by atoms with Crippen molar-refractivity contribution in [1.29, 1.82) is 0 Å². The standard InChI is InChI=1S/C6H12O2.C2H3BrO/c1-3-5(4-2)6(7)8;3-1-2-4/h5H,3-4H2,1-2H3,(H,7,8);2H,1H2. The zero-order valence-electron chi connectivity index (χ0n) is 7.42. The fourth-order valence-electron chi connectivity index (χ4n) is 0.638. The first kappa shape index (κ1) is 14.2. The minimum Gasteiger partial charge on any atom is -0.481 e. The molecule has 0 radical (unpaired) electrons. The molecule has 0 aliphatic rings. The predicted octanol–water partition coefficient (Wildman–Crippen LogP) is 2.09. The van der Waals surface area contributed by atoms with E-state index in [-0.39, 0.29) is 5.92 Å². The van der Waals surface area contributed by atoms with Crippen molar-refractivity contribution in [3.8, 4) is 0 Å². The van der Waals surface area contributed by atoms with Crippen molar-refractivity contribution >= 4 is 28.2 Å². The van der Waals surface area contributed by atoms with Gasteiger partial charge in [0.05, 0.1) is 11.2 Å². The topological polar surface area (TPSA) is 54.4 Å². The lowest BCUT2D eigenvalue weighted by Crippen LogP contribution is -2.10. The third-order valence-electron chi connectivity index (χ3n) is 1.40. The Labute approximate surface area is 81.3 Å². The van der Waals surface area contributed by atoms with E-state index in [0.717, 1.165) is 19.1 Å². The monoisotopic (exact) mass is 238 g/mol. The molecule has 0 heterocycles. The van der Waals surface area contributed by atoms with Crippen molar-refractivity contribution in [2.24, 2.45) is 5.92 Å². The first-order chi connectivity index (χ1) is 5.63. The van der Waals surface area contributed by atoms with Gasteiger partial charge in [0, 0.05) is 0 Å². The highest BCUT2D eigenvalue weighted by Crippen LogP contribution is 2.05. The number of aldehydes is 1. The zero-order valence-corrected chi connectivity index (χ0v) is 9.00. The molecule has 12 heavy (non-hydrogen) atoms. The third-order valence-corrected chi connectivity index (χ3v) is 1.66. The van der Waals surface area contributed by atoms with Gasteiger partial charge in [0.1, 0.15) is 6.29 Å². The number of aliphatic carboxylic acids is 1. The third kappa shape index (κ3) is 9.62. The Morgan fingerprint density at radius 1 is 1.50 bits per heavy atom. The number of carbonyl (C=O) groups excluding carboxylic acids is 1. The summed E-state index contributed by atoms with van der Waals surface area (Å²) in [4.78, 5) is 19.3. The van der Waals surface area contributed by atoms with E-state index in [2.05, 4.69) is 15.9 Å². The van der Waals surface area contributed by atoms with E-state index in [9.17, 15) is 4.79 Å². The molecule has 0 aliphatic heterocycles. The van der Waals surface area contributed by atoms with Crippen molar-refractivity contribution in [3.63, 3.8) is 0 Å². The zero-order chi connectivity index (χ0) is 9.98. The summed E-state index contributed by atoms with van der Waals surface area (Å²) < 4.78 is 0. The second-order valence-corrected chi connectivity index (χ2v) is 2.82. The van der Waals surface area contributed by atoms with Crippen LogP contribution in [0.25, 0.3) is 0 Å². The van der Waals surface area contributed by atoms with Crippen LogP contribution in [-0.2, 0) is 9.59 Å².